The van der Waals surface area contributed by atoms with Gasteiger partial charge < -0.3 is 20.5 Å². The van der Waals surface area contributed by atoms with Crippen LogP contribution in [0.25, 0.3) is 0 Å². The van der Waals surface area contributed by atoms with E-state index in [2.05, 4.69) is 21.5 Å². The van der Waals surface area contributed by atoms with Crippen molar-refractivity contribution in [3.8, 4) is 0 Å². The number of anilines is 2. The first kappa shape index (κ1) is 19.9. The Morgan fingerprint density at radius 2 is 2.23 bits per heavy atom. The smallest absolute Gasteiger partial charge is 0.414 e. The minimum absolute atomic E-state index is 0.211. The molecule has 0 aliphatic carbocycles. The van der Waals surface area contributed by atoms with Crippen molar-refractivity contribution in [2.75, 3.05) is 36.5 Å². The SMILES string of the molecule is CC(=O)NC[C@H]1CN(c2ccc(NCNNCC(C)O)c(F)c2)C(=O)O1. The number of ether oxygens (including phenoxy) is 1. The van der Waals surface area contributed by atoms with E-state index in [9.17, 15) is 14.0 Å². The second kappa shape index (κ2) is 9.32. The van der Waals surface area contributed by atoms with Crippen LogP contribution in [0.2, 0.25) is 0 Å². The summed E-state index contributed by atoms with van der Waals surface area (Å²) >= 11 is 0. The van der Waals surface area contributed by atoms with Gasteiger partial charge in [-0.1, -0.05) is 0 Å². The lowest BCUT2D eigenvalue weighted by Crippen LogP contribution is -2.39. The third-order valence-electron chi connectivity index (χ3n) is 3.61. The summed E-state index contributed by atoms with van der Waals surface area (Å²) in [5, 5.41) is 14.5. The topological polar surface area (TPSA) is 115 Å². The number of carbonyl (C=O) groups is 2. The minimum Gasteiger partial charge on any atom is -0.442 e. The lowest BCUT2D eigenvalue weighted by atomic mass is 10.2. The van der Waals surface area contributed by atoms with E-state index in [1.54, 1.807) is 13.0 Å². The molecule has 9 nitrogen and oxygen atoms in total. The number of carbonyl (C=O) groups excluding carboxylic acids is 2. The van der Waals surface area contributed by atoms with Crippen LogP contribution >= 0.6 is 0 Å². The van der Waals surface area contributed by atoms with Gasteiger partial charge in [-0.05, 0) is 25.1 Å². The number of hydrogen-bond acceptors (Lipinski definition) is 7. The Labute approximate surface area is 150 Å². The van der Waals surface area contributed by atoms with E-state index in [4.69, 9.17) is 9.84 Å². The van der Waals surface area contributed by atoms with Gasteiger partial charge >= 0.3 is 6.09 Å². The molecule has 1 aliphatic rings. The highest BCUT2D eigenvalue weighted by Gasteiger charge is 2.32. The van der Waals surface area contributed by atoms with E-state index in [1.807, 2.05) is 0 Å². The number of nitrogens with zero attached hydrogens (tertiary/aromatic N) is 1. The maximum Gasteiger partial charge on any atom is 0.414 e. The van der Waals surface area contributed by atoms with Gasteiger partial charge in [0.1, 0.15) is 11.9 Å². The number of aliphatic hydroxyl groups excluding tert-OH is 1. The van der Waals surface area contributed by atoms with E-state index in [-0.39, 0.29) is 31.4 Å². The monoisotopic (exact) mass is 369 g/mol. The molecule has 1 aromatic carbocycles. The molecular weight excluding hydrogens is 345 g/mol. The average molecular weight is 369 g/mol. The molecular formula is C16H24FN5O4. The van der Waals surface area contributed by atoms with Gasteiger partial charge in [0.05, 0.1) is 37.2 Å². The number of halogens is 1. The van der Waals surface area contributed by atoms with Crippen LogP contribution in [0.1, 0.15) is 13.8 Å². The van der Waals surface area contributed by atoms with Crippen LogP contribution in [0.15, 0.2) is 18.2 Å². The second-order valence-electron chi connectivity index (χ2n) is 5.98. The van der Waals surface area contributed by atoms with Crippen LogP contribution in [0.5, 0.6) is 0 Å². The van der Waals surface area contributed by atoms with Gasteiger partial charge in [0, 0.05) is 13.5 Å². The van der Waals surface area contributed by atoms with Gasteiger partial charge in [0.15, 0.2) is 0 Å². The molecule has 1 unspecified atom stereocenters. The zero-order valence-electron chi connectivity index (χ0n) is 14.7. The highest BCUT2D eigenvalue weighted by atomic mass is 19.1. The van der Waals surface area contributed by atoms with Gasteiger partial charge in [-0.25, -0.2) is 14.6 Å². The molecule has 0 radical (unpaired) electrons. The maximum atomic E-state index is 14.2. The fourth-order valence-corrected chi connectivity index (χ4v) is 2.33. The summed E-state index contributed by atoms with van der Waals surface area (Å²) in [6.07, 6.45) is -1.55. The van der Waals surface area contributed by atoms with E-state index < -0.39 is 24.1 Å². The molecule has 0 saturated carbocycles. The molecule has 2 amide bonds. The van der Waals surface area contributed by atoms with Crippen LogP contribution < -0.4 is 26.4 Å². The highest BCUT2D eigenvalue weighted by molar-refractivity contribution is 5.90. The van der Waals surface area contributed by atoms with Crippen LogP contribution in [-0.2, 0) is 9.53 Å². The van der Waals surface area contributed by atoms with Crippen LogP contribution in [0, 0.1) is 5.82 Å². The summed E-state index contributed by atoms with van der Waals surface area (Å²) in [4.78, 5) is 24.2. The molecule has 1 aliphatic heterocycles. The summed E-state index contributed by atoms with van der Waals surface area (Å²) in [6, 6.07) is 4.37. The van der Waals surface area contributed by atoms with Crippen molar-refractivity contribution in [3.63, 3.8) is 0 Å². The van der Waals surface area contributed by atoms with E-state index in [0.29, 0.717) is 12.2 Å². The van der Waals surface area contributed by atoms with Gasteiger partial charge in [0.25, 0.3) is 0 Å². The van der Waals surface area contributed by atoms with Crippen molar-refractivity contribution in [2.45, 2.75) is 26.1 Å². The Hall–Kier alpha value is -2.43. The van der Waals surface area contributed by atoms with E-state index in [1.165, 1.54) is 24.0 Å². The van der Waals surface area contributed by atoms with E-state index in [0.717, 1.165) is 0 Å². The third-order valence-corrected chi connectivity index (χ3v) is 3.61. The average Bonchev–Trinajstić information content (AvgIpc) is 2.94. The molecule has 0 aromatic heterocycles. The number of cyclic esters (lactones) is 1. The number of rotatable bonds is 9. The lowest BCUT2D eigenvalue weighted by molar-refractivity contribution is -0.119. The highest BCUT2D eigenvalue weighted by Crippen LogP contribution is 2.25. The normalized spacial score (nSPS) is 17.8. The molecule has 144 valence electrons. The zero-order chi connectivity index (χ0) is 19.1. The molecule has 1 fully saturated rings. The Morgan fingerprint density at radius 3 is 2.88 bits per heavy atom. The Bertz CT molecular complexity index is 643. The number of nitrogens with one attached hydrogen (secondary N) is 4. The third kappa shape index (κ3) is 5.83. The summed E-state index contributed by atoms with van der Waals surface area (Å²) in [5.74, 6) is -0.726. The van der Waals surface area contributed by atoms with Crippen molar-refractivity contribution in [2.24, 2.45) is 0 Å². The van der Waals surface area contributed by atoms with Gasteiger partial charge in [-0.15, -0.1) is 0 Å². The first-order valence-corrected chi connectivity index (χ1v) is 8.26. The van der Waals surface area contributed by atoms with Crippen molar-refractivity contribution in [3.05, 3.63) is 24.0 Å². The van der Waals surface area contributed by atoms with Gasteiger partial charge in [-0.3, -0.25) is 15.1 Å². The molecule has 0 bridgehead atoms. The quantitative estimate of drug-likeness (QED) is 0.239. The first-order valence-electron chi connectivity index (χ1n) is 8.26. The fraction of sp³-hybridized carbons (Fsp3) is 0.500. The van der Waals surface area contributed by atoms with Crippen LogP contribution in [0.4, 0.5) is 20.6 Å². The summed E-state index contributed by atoms with van der Waals surface area (Å²) in [5.41, 5.74) is 6.21. The zero-order valence-corrected chi connectivity index (χ0v) is 14.7. The van der Waals surface area contributed by atoms with Gasteiger partial charge in [0.2, 0.25) is 5.91 Å². The number of hydrazine groups is 1. The maximum absolute atomic E-state index is 14.2. The van der Waals surface area contributed by atoms with Crippen molar-refractivity contribution in [1.29, 1.82) is 0 Å². The van der Waals surface area contributed by atoms with Crippen LogP contribution in [0.3, 0.4) is 0 Å². The van der Waals surface area contributed by atoms with Crippen LogP contribution in [-0.4, -0.2) is 55.6 Å². The number of amides is 2. The second-order valence-corrected chi connectivity index (χ2v) is 5.98. The Morgan fingerprint density at radius 1 is 1.46 bits per heavy atom. The predicted octanol–water partition coefficient (Wildman–Crippen LogP) is 0.131. The van der Waals surface area contributed by atoms with Crippen molar-refractivity contribution < 1.29 is 23.8 Å². The summed E-state index contributed by atoms with van der Waals surface area (Å²) in [7, 11) is 0. The van der Waals surface area contributed by atoms with Crippen molar-refractivity contribution in [1.82, 2.24) is 16.2 Å². The molecule has 2 atom stereocenters. The standard InChI is InChI=1S/C16H24FN5O4/c1-10(23)6-20-21-9-19-15-4-3-12(5-14(15)17)22-8-13(26-16(22)25)7-18-11(2)24/h3-5,10,13,19-21,23H,6-9H2,1-2H3,(H,18,24)/t10?,13-/m0/s1. The molecule has 1 saturated heterocycles. The number of aliphatic hydroxyl groups is 1. The molecule has 1 heterocycles. The van der Waals surface area contributed by atoms with E-state index >= 15 is 0 Å². The molecule has 2 rings (SSSR count). The first-order chi connectivity index (χ1) is 12.4. The predicted molar refractivity (Wildman–Crippen MR) is 94.0 cm³/mol. The molecule has 26 heavy (non-hydrogen) atoms. The number of benzene rings is 1. The lowest BCUT2D eigenvalue weighted by Gasteiger charge is -2.15. The molecule has 0 spiro atoms. The Balaban J connectivity index is 1.88. The Kier molecular flexibility index (Phi) is 7.13. The molecule has 10 heteroatoms. The fourth-order valence-electron chi connectivity index (χ4n) is 2.33. The summed E-state index contributed by atoms with van der Waals surface area (Å²) < 4.78 is 19.4. The summed E-state index contributed by atoms with van der Waals surface area (Å²) in [6.45, 7) is 4.07. The number of hydrogen-bond donors (Lipinski definition) is 5. The van der Waals surface area contributed by atoms with Crippen molar-refractivity contribution >= 4 is 23.4 Å². The molecule has 1 aromatic rings. The largest absolute Gasteiger partial charge is 0.442 e. The minimum atomic E-state index is -0.579. The molecule has 5 N–H and O–H groups in total. The van der Waals surface area contributed by atoms with Gasteiger partial charge in [-0.2, -0.15) is 0 Å².